The van der Waals surface area contributed by atoms with Gasteiger partial charge in [0.1, 0.15) is 5.60 Å². The summed E-state index contributed by atoms with van der Waals surface area (Å²) in [5, 5.41) is 0. The molecule has 2 aliphatic rings. The first-order valence-electron chi connectivity index (χ1n) is 9.61. The Balaban J connectivity index is 1.70. The molecule has 0 aromatic carbocycles. The number of likely N-dealkylation sites (tertiary alicyclic amines) is 1. The van der Waals surface area contributed by atoms with Crippen LogP contribution in [0.3, 0.4) is 0 Å². The topological polar surface area (TPSA) is 96.9 Å². The quantitative estimate of drug-likeness (QED) is 0.744. The van der Waals surface area contributed by atoms with Gasteiger partial charge in [-0.25, -0.2) is 14.8 Å². The van der Waals surface area contributed by atoms with E-state index in [4.69, 9.17) is 10.5 Å². The molecule has 2 N–H and O–H groups in total. The summed E-state index contributed by atoms with van der Waals surface area (Å²) < 4.78 is 45.1. The number of halogens is 3. The molecule has 0 bridgehead atoms. The first-order valence-corrected chi connectivity index (χ1v) is 9.61. The third-order valence-electron chi connectivity index (χ3n) is 4.56. The number of amides is 1. The molecular weight excluding hydrogens is 401 g/mol. The van der Waals surface area contributed by atoms with Crippen molar-refractivity contribution < 1.29 is 22.7 Å². The summed E-state index contributed by atoms with van der Waals surface area (Å²) in [6, 6.07) is 0.674. The number of anilines is 1. The number of rotatable bonds is 4. The van der Waals surface area contributed by atoms with Gasteiger partial charge in [0.05, 0.1) is 11.7 Å². The highest BCUT2D eigenvalue weighted by Gasteiger charge is 2.35. The summed E-state index contributed by atoms with van der Waals surface area (Å²) in [6.07, 6.45) is -1.59. The minimum absolute atomic E-state index is 0.0265. The summed E-state index contributed by atoms with van der Waals surface area (Å²) in [6.45, 7) is 7.29. The summed E-state index contributed by atoms with van der Waals surface area (Å²) in [5.41, 5.74) is 4.32. The molecular formula is C19H25F3N6O2. The van der Waals surface area contributed by atoms with E-state index in [2.05, 4.69) is 15.0 Å². The maximum atomic E-state index is 13.3. The fourth-order valence-corrected chi connectivity index (χ4v) is 2.79. The molecule has 11 heteroatoms. The molecule has 0 unspecified atom stereocenters. The van der Waals surface area contributed by atoms with Gasteiger partial charge in [0, 0.05) is 44.2 Å². The van der Waals surface area contributed by atoms with E-state index < -0.39 is 23.6 Å². The molecule has 30 heavy (non-hydrogen) atoms. The van der Waals surface area contributed by atoms with Gasteiger partial charge in [-0.05, 0) is 33.3 Å². The van der Waals surface area contributed by atoms with Gasteiger partial charge in [0.25, 0.3) is 0 Å². The zero-order chi connectivity index (χ0) is 22.1. The SMILES string of the molecule is CC(C)(C)OC(=O)N1CC(N=CC(=CN)c2cc(C(F)(F)F)nc(N3CCC3)n2)C1. The number of allylic oxidation sites excluding steroid dienone is 1. The van der Waals surface area contributed by atoms with E-state index in [1.54, 1.807) is 25.7 Å². The van der Waals surface area contributed by atoms with E-state index >= 15 is 0 Å². The van der Waals surface area contributed by atoms with Crippen LogP contribution >= 0.6 is 0 Å². The van der Waals surface area contributed by atoms with Crippen LogP contribution in [0, 0.1) is 0 Å². The highest BCUT2D eigenvalue weighted by molar-refractivity contribution is 6.09. The zero-order valence-corrected chi connectivity index (χ0v) is 17.1. The van der Waals surface area contributed by atoms with Gasteiger partial charge < -0.3 is 20.3 Å². The Labute approximate surface area is 172 Å². The molecule has 3 rings (SSSR count). The molecule has 0 radical (unpaired) electrons. The lowest BCUT2D eigenvalue weighted by Gasteiger charge is -2.37. The molecule has 8 nitrogen and oxygen atoms in total. The molecule has 0 spiro atoms. The van der Waals surface area contributed by atoms with Gasteiger partial charge in [-0.1, -0.05) is 0 Å². The number of alkyl halides is 3. The van der Waals surface area contributed by atoms with Crippen LogP contribution in [0.4, 0.5) is 23.9 Å². The standard InChI is InChI=1S/C19H25F3N6O2/c1-18(2,3)30-17(29)28-10-13(11-28)24-9-12(8-23)14-7-15(19(20,21)22)26-16(25-14)27-5-4-6-27/h7-9,13H,4-6,10-11,23H2,1-3H3. The Kier molecular flexibility index (Phi) is 5.91. The van der Waals surface area contributed by atoms with Gasteiger partial charge in [0.15, 0.2) is 5.69 Å². The largest absolute Gasteiger partial charge is 0.444 e. The number of aliphatic imine (C=N–C) groups is 1. The zero-order valence-electron chi connectivity index (χ0n) is 17.1. The number of nitrogens with two attached hydrogens (primary N) is 1. The molecule has 0 aliphatic carbocycles. The van der Waals surface area contributed by atoms with Crippen molar-refractivity contribution in [1.82, 2.24) is 14.9 Å². The van der Waals surface area contributed by atoms with Crippen LogP contribution in [0.25, 0.3) is 5.57 Å². The molecule has 0 atom stereocenters. The van der Waals surface area contributed by atoms with Crippen LogP contribution in [-0.2, 0) is 10.9 Å². The third kappa shape index (κ3) is 5.19. The molecule has 2 saturated heterocycles. The number of ether oxygens (including phenoxy) is 1. The van der Waals surface area contributed by atoms with E-state index in [1.807, 2.05) is 0 Å². The minimum Gasteiger partial charge on any atom is -0.444 e. The lowest BCUT2D eigenvalue weighted by atomic mass is 10.1. The van der Waals surface area contributed by atoms with Crippen molar-refractivity contribution in [3.63, 3.8) is 0 Å². The second kappa shape index (κ2) is 8.11. The van der Waals surface area contributed by atoms with Crippen molar-refractivity contribution in [3.05, 3.63) is 23.7 Å². The first-order chi connectivity index (χ1) is 14.0. The highest BCUT2D eigenvalue weighted by atomic mass is 19.4. The maximum Gasteiger partial charge on any atom is 0.433 e. The molecule has 1 aromatic heterocycles. The van der Waals surface area contributed by atoms with Crippen molar-refractivity contribution in [3.8, 4) is 0 Å². The predicted octanol–water partition coefficient (Wildman–Crippen LogP) is 2.70. The fourth-order valence-electron chi connectivity index (χ4n) is 2.79. The minimum atomic E-state index is -4.60. The molecule has 0 saturated carbocycles. The maximum absolute atomic E-state index is 13.3. The van der Waals surface area contributed by atoms with Crippen molar-refractivity contribution in [1.29, 1.82) is 0 Å². The monoisotopic (exact) mass is 426 g/mol. The normalized spacial score (nSPS) is 18.4. The second-order valence-electron chi connectivity index (χ2n) is 8.22. The van der Waals surface area contributed by atoms with Crippen LogP contribution < -0.4 is 10.6 Å². The van der Waals surface area contributed by atoms with E-state index in [-0.39, 0.29) is 23.3 Å². The van der Waals surface area contributed by atoms with Crippen LogP contribution in [-0.4, -0.2) is 65.0 Å². The van der Waals surface area contributed by atoms with Crippen molar-refractivity contribution >= 4 is 23.8 Å². The lowest BCUT2D eigenvalue weighted by Crippen LogP contribution is -2.54. The number of nitrogens with zero attached hydrogens (tertiary/aromatic N) is 5. The van der Waals surface area contributed by atoms with Gasteiger partial charge in [-0.3, -0.25) is 4.99 Å². The van der Waals surface area contributed by atoms with Crippen LogP contribution in [0.15, 0.2) is 17.3 Å². The molecule has 164 valence electrons. The van der Waals surface area contributed by atoms with Crippen LogP contribution in [0.1, 0.15) is 38.6 Å². The van der Waals surface area contributed by atoms with E-state index in [0.29, 0.717) is 26.2 Å². The van der Waals surface area contributed by atoms with Gasteiger partial charge in [-0.2, -0.15) is 13.2 Å². The molecule has 1 aromatic rings. The van der Waals surface area contributed by atoms with Gasteiger partial charge >= 0.3 is 12.3 Å². The van der Waals surface area contributed by atoms with Crippen molar-refractivity contribution in [2.24, 2.45) is 10.7 Å². The average Bonchev–Trinajstić information content (AvgIpc) is 2.52. The van der Waals surface area contributed by atoms with Crippen LogP contribution in [0.5, 0.6) is 0 Å². The Hall–Kier alpha value is -2.85. The fraction of sp³-hybridized carbons (Fsp3) is 0.579. The lowest BCUT2D eigenvalue weighted by molar-refractivity contribution is -0.141. The Morgan fingerprint density at radius 2 is 1.93 bits per heavy atom. The number of carbonyl (C=O) groups excluding carboxylic acids is 1. The Morgan fingerprint density at radius 1 is 1.27 bits per heavy atom. The first kappa shape index (κ1) is 21.8. The molecule has 2 aliphatic heterocycles. The van der Waals surface area contributed by atoms with Gasteiger partial charge in [-0.15, -0.1) is 0 Å². The summed E-state index contributed by atoms with van der Waals surface area (Å²) in [4.78, 5) is 27.4. The third-order valence-corrected chi connectivity index (χ3v) is 4.56. The summed E-state index contributed by atoms with van der Waals surface area (Å²) >= 11 is 0. The van der Waals surface area contributed by atoms with Crippen molar-refractivity contribution in [2.75, 3.05) is 31.1 Å². The number of aromatic nitrogens is 2. The Morgan fingerprint density at radius 3 is 2.43 bits per heavy atom. The smallest absolute Gasteiger partial charge is 0.433 e. The molecule has 1 amide bonds. The van der Waals surface area contributed by atoms with E-state index in [9.17, 15) is 18.0 Å². The van der Waals surface area contributed by atoms with Crippen molar-refractivity contribution in [2.45, 2.75) is 45.0 Å². The summed E-state index contributed by atoms with van der Waals surface area (Å²) in [7, 11) is 0. The van der Waals surface area contributed by atoms with E-state index in [0.717, 1.165) is 18.7 Å². The molecule has 3 heterocycles. The average molecular weight is 426 g/mol. The second-order valence-corrected chi connectivity index (χ2v) is 8.22. The van der Waals surface area contributed by atoms with Gasteiger partial charge in [0.2, 0.25) is 5.95 Å². The number of hydrogen-bond donors (Lipinski definition) is 1. The summed E-state index contributed by atoms with van der Waals surface area (Å²) in [5.74, 6) is 0.0265. The highest BCUT2D eigenvalue weighted by Crippen LogP contribution is 2.31. The Bertz CT molecular complexity index is 853. The number of carbonyl (C=O) groups is 1. The van der Waals surface area contributed by atoms with Crippen LogP contribution in [0.2, 0.25) is 0 Å². The predicted molar refractivity (Wildman–Crippen MR) is 106 cm³/mol. The van der Waals surface area contributed by atoms with E-state index in [1.165, 1.54) is 11.1 Å². The number of hydrogen-bond acceptors (Lipinski definition) is 7. The molecule has 2 fully saturated rings.